The van der Waals surface area contributed by atoms with Crippen molar-refractivity contribution in [3.05, 3.63) is 22.3 Å². The molecular weight excluding hydrogens is 268 g/mol. The fourth-order valence-corrected chi connectivity index (χ4v) is 1.63. The van der Waals surface area contributed by atoms with Crippen LogP contribution in [0.25, 0.3) is 0 Å². The van der Waals surface area contributed by atoms with Gasteiger partial charge in [0, 0.05) is 11.7 Å². The molecule has 0 amide bonds. The highest BCUT2D eigenvalue weighted by Gasteiger charge is 2.22. The summed E-state index contributed by atoms with van der Waals surface area (Å²) in [5.74, 6) is 0.622. The van der Waals surface area contributed by atoms with Crippen LogP contribution < -0.4 is 10.5 Å². The molecule has 16 heavy (non-hydrogen) atoms. The number of hydrogen-bond acceptors (Lipinski definition) is 3. The molecule has 0 fully saturated rings. The molecule has 1 heterocycles. The van der Waals surface area contributed by atoms with Crippen molar-refractivity contribution in [1.29, 1.82) is 0 Å². The second kappa shape index (κ2) is 5.64. The molecule has 3 nitrogen and oxygen atoms in total. The highest BCUT2D eigenvalue weighted by Crippen LogP contribution is 2.26. The van der Waals surface area contributed by atoms with Gasteiger partial charge in [-0.25, -0.2) is 4.98 Å². The first-order valence-electron chi connectivity index (χ1n) is 5.55. The standard InChI is InChI=1S/C12H19BrN2O/c1-4-12(14,5-2)8-16-11-10(13)9(3)6-7-15-11/h6-7H,4-5,8,14H2,1-3H3. The Hall–Kier alpha value is -0.610. The van der Waals surface area contributed by atoms with E-state index >= 15 is 0 Å². The molecule has 0 spiro atoms. The summed E-state index contributed by atoms with van der Waals surface area (Å²) in [6.45, 7) is 6.65. The molecule has 1 aromatic rings. The van der Waals surface area contributed by atoms with E-state index in [1.807, 2.05) is 13.0 Å². The second-order valence-electron chi connectivity index (χ2n) is 4.11. The SMILES string of the molecule is CCC(N)(CC)COc1nccc(C)c1Br. The van der Waals surface area contributed by atoms with Gasteiger partial charge in [0.25, 0.3) is 0 Å². The molecule has 0 aliphatic carbocycles. The van der Waals surface area contributed by atoms with Crippen molar-refractivity contribution in [2.45, 2.75) is 39.2 Å². The molecule has 0 saturated carbocycles. The number of nitrogens with zero attached hydrogens (tertiary/aromatic N) is 1. The third-order valence-electron chi connectivity index (χ3n) is 2.95. The molecule has 1 rings (SSSR count). The van der Waals surface area contributed by atoms with Crippen molar-refractivity contribution >= 4 is 15.9 Å². The van der Waals surface area contributed by atoms with Gasteiger partial charge in [-0.3, -0.25) is 0 Å². The first-order valence-corrected chi connectivity index (χ1v) is 6.34. The van der Waals surface area contributed by atoms with Crippen LogP contribution in [0.1, 0.15) is 32.3 Å². The van der Waals surface area contributed by atoms with E-state index in [2.05, 4.69) is 34.8 Å². The van der Waals surface area contributed by atoms with E-state index in [4.69, 9.17) is 10.5 Å². The quantitative estimate of drug-likeness (QED) is 0.905. The molecule has 0 saturated heterocycles. The van der Waals surface area contributed by atoms with Gasteiger partial charge in [-0.1, -0.05) is 13.8 Å². The molecule has 0 aliphatic heterocycles. The van der Waals surface area contributed by atoms with Crippen molar-refractivity contribution in [2.75, 3.05) is 6.61 Å². The predicted molar refractivity (Wildman–Crippen MR) is 69.7 cm³/mol. The average molecular weight is 287 g/mol. The Morgan fingerprint density at radius 3 is 2.62 bits per heavy atom. The van der Waals surface area contributed by atoms with Gasteiger partial charge in [0.05, 0.1) is 4.47 Å². The van der Waals surface area contributed by atoms with E-state index in [1.165, 1.54) is 0 Å². The summed E-state index contributed by atoms with van der Waals surface area (Å²) in [6, 6.07) is 1.94. The molecule has 2 N–H and O–H groups in total. The number of aryl methyl sites for hydroxylation is 1. The number of nitrogens with two attached hydrogens (primary N) is 1. The lowest BCUT2D eigenvalue weighted by molar-refractivity contribution is 0.199. The Balaban J connectivity index is 2.71. The second-order valence-corrected chi connectivity index (χ2v) is 4.90. The van der Waals surface area contributed by atoms with E-state index in [0.29, 0.717) is 12.5 Å². The minimum atomic E-state index is -0.259. The molecule has 0 bridgehead atoms. The van der Waals surface area contributed by atoms with Crippen LogP contribution in [0.15, 0.2) is 16.7 Å². The van der Waals surface area contributed by atoms with Crippen molar-refractivity contribution in [2.24, 2.45) is 5.73 Å². The van der Waals surface area contributed by atoms with Crippen LogP contribution >= 0.6 is 15.9 Å². The number of pyridine rings is 1. The maximum absolute atomic E-state index is 6.16. The Morgan fingerprint density at radius 2 is 2.06 bits per heavy atom. The number of hydrogen-bond donors (Lipinski definition) is 1. The topological polar surface area (TPSA) is 48.1 Å². The summed E-state index contributed by atoms with van der Waals surface area (Å²) in [5.41, 5.74) is 7.02. The third-order valence-corrected chi connectivity index (χ3v) is 3.92. The molecule has 0 radical (unpaired) electrons. The van der Waals surface area contributed by atoms with Gasteiger partial charge in [0.2, 0.25) is 5.88 Å². The van der Waals surface area contributed by atoms with Crippen LogP contribution in [0.5, 0.6) is 5.88 Å². The number of ether oxygens (including phenoxy) is 1. The summed E-state index contributed by atoms with van der Waals surface area (Å²) >= 11 is 3.46. The van der Waals surface area contributed by atoms with Crippen LogP contribution in [-0.4, -0.2) is 17.1 Å². The molecule has 90 valence electrons. The number of rotatable bonds is 5. The van der Waals surface area contributed by atoms with Crippen molar-refractivity contribution in [3.63, 3.8) is 0 Å². The van der Waals surface area contributed by atoms with E-state index in [-0.39, 0.29) is 5.54 Å². The van der Waals surface area contributed by atoms with Crippen LogP contribution in [0.3, 0.4) is 0 Å². The van der Waals surface area contributed by atoms with E-state index < -0.39 is 0 Å². The summed E-state index contributed by atoms with van der Waals surface area (Å²) < 4.78 is 6.59. The summed E-state index contributed by atoms with van der Waals surface area (Å²) in [6.07, 6.45) is 3.53. The maximum atomic E-state index is 6.16. The van der Waals surface area contributed by atoms with Crippen LogP contribution in [0, 0.1) is 6.92 Å². The van der Waals surface area contributed by atoms with Gasteiger partial charge >= 0.3 is 0 Å². The Labute approximate surface area is 106 Å². The van der Waals surface area contributed by atoms with Gasteiger partial charge in [-0.2, -0.15) is 0 Å². The fraction of sp³-hybridized carbons (Fsp3) is 0.583. The maximum Gasteiger partial charge on any atom is 0.228 e. The van der Waals surface area contributed by atoms with E-state index in [9.17, 15) is 0 Å². The molecule has 0 atom stereocenters. The Kier molecular flexibility index (Phi) is 4.74. The van der Waals surface area contributed by atoms with E-state index in [0.717, 1.165) is 22.9 Å². The smallest absolute Gasteiger partial charge is 0.228 e. The minimum absolute atomic E-state index is 0.259. The molecule has 1 aromatic heterocycles. The van der Waals surface area contributed by atoms with Gasteiger partial charge in [-0.15, -0.1) is 0 Å². The zero-order valence-corrected chi connectivity index (χ0v) is 11.7. The molecule has 0 aliphatic rings. The van der Waals surface area contributed by atoms with Gasteiger partial charge < -0.3 is 10.5 Å². The lowest BCUT2D eigenvalue weighted by Crippen LogP contribution is -2.44. The largest absolute Gasteiger partial charge is 0.475 e. The van der Waals surface area contributed by atoms with Crippen molar-refractivity contribution in [3.8, 4) is 5.88 Å². The lowest BCUT2D eigenvalue weighted by Gasteiger charge is -2.26. The zero-order chi connectivity index (χ0) is 12.2. The zero-order valence-electron chi connectivity index (χ0n) is 10.1. The fourth-order valence-electron chi connectivity index (χ4n) is 1.28. The average Bonchev–Trinajstić information content (AvgIpc) is 2.31. The Morgan fingerprint density at radius 1 is 1.44 bits per heavy atom. The highest BCUT2D eigenvalue weighted by molar-refractivity contribution is 9.10. The van der Waals surface area contributed by atoms with Crippen molar-refractivity contribution < 1.29 is 4.74 Å². The lowest BCUT2D eigenvalue weighted by atomic mass is 9.96. The summed E-state index contributed by atoms with van der Waals surface area (Å²) in [7, 11) is 0. The van der Waals surface area contributed by atoms with E-state index in [1.54, 1.807) is 6.20 Å². The minimum Gasteiger partial charge on any atom is -0.475 e. The summed E-state index contributed by atoms with van der Waals surface area (Å²) in [4.78, 5) is 4.19. The molecule has 4 heteroatoms. The number of aromatic nitrogens is 1. The normalized spacial score (nSPS) is 11.6. The monoisotopic (exact) mass is 286 g/mol. The predicted octanol–water partition coefficient (Wildman–Crippen LogP) is 3.05. The Bertz CT molecular complexity index is 351. The number of halogens is 1. The van der Waals surface area contributed by atoms with Crippen LogP contribution in [0.4, 0.5) is 0 Å². The highest BCUT2D eigenvalue weighted by atomic mass is 79.9. The molecular formula is C12H19BrN2O. The van der Waals surface area contributed by atoms with Crippen LogP contribution in [0.2, 0.25) is 0 Å². The molecule has 0 unspecified atom stereocenters. The van der Waals surface area contributed by atoms with Crippen molar-refractivity contribution in [1.82, 2.24) is 4.98 Å². The molecule has 0 aromatic carbocycles. The first kappa shape index (κ1) is 13.5. The third kappa shape index (κ3) is 3.19. The first-order chi connectivity index (χ1) is 7.52. The van der Waals surface area contributed by atoms with Gasteiger partial charge in [-0.05, 0) is 47.3 Å². The van der Waals surface area contributed by atoms with Gasteiger partial charge in [0.15, 0.2) is 0 Å². The van der Waals surface area contributed by atoms with Gasteiger partial charge in [0.1, 0.15) is 6.61 Å². The van der Waals surface area contributed by atoms with Crippen LogP contribution in [-0.2, 0) is 0 Å². The summed E-state index contributed by atoms with van der Waals surface area (Å²) in [5, 5.41) is 0.